The highest BCUT2D eigenvalue weighted by Gasteiger charge is 2.55. The predicted octanol–water partition coefficient (Wildman–Crippen LogP) is 1.62. The first kappa shape index (κ1) is 49.9. The van der Waals surface area contributed by atoms with Gasteiger partial charge in [0, 0.05) is 41.6 Å². The molecule has 0 radical (unpaired) electrons. The summed E-state index contributed by atoms with van der Waals surface area (Å²) in [4.78, 5) is 88.3. The van der Waals surface area contributed by atoms with E-state index in [-0.39, 0.29) is 62.5 Å². The predicted molar refractivity (Wildman–Crippen MR) is 226 cm³/mol. The number of nitrogens with one attached hydrogen (secondary N) is 2. The first-order valence-electron chi connectivity index (χ1n) is 18.9. The molecule has 0 aliphatic carbocycles. The van der Waals surface area contributed by atoms with Crippen molar-refractivity contribution < 1.29 is 66.7 Å². The lowest BCUT2D eigenvalue weighted by atomic mass is 10.0. The number of hydrogen-bond donors (Lipinski definition) is 2. The number of hydrogen-bond acceptors (Lipinski definition) is 16. The zero-order valence-electron chi connectivity index (χ0n) is 33.5. The number of carbonyl (C=O) groups excluding carboxylic acids is 7. The second-order valence-corrected chi connectivity index (χ2v) is 15.8. The van der Waals surface area contributed by atoms with E-state index in [9.17, 15) is 33.6 Å². The van der Waals surface area contributed by atoms with Gasteiger partial charge in [-0.15, -0.1) is 23.5 Å². The zero-order valence-corrected chi connectivity index (χ0v) is 37.3. The van der Waals surface area contributed by atoms with E-state index in [1.807, 2.05) is 13.8 Å². The van der Waals surface area contributed by atoms with Crippen molar-refractivity contribution in [1.29, 1.82) is 0 Å². The zero-order chi connectivity index (χ0) is 43.3. The van der Waals surface area contributed by atoms with Crippen LogP contribution in [0.2, 0.25) is 0 Å². The largest absolute Gasteiger partial charge is 0.461 e. The fourth-order valence-corrected chi connectivity index (χ4v) is 9.31. The molecule has 4 aliphatic heterocycles. The number of fused-ring (bicyclic) bond motifs is 2. The Labute approximate surface area is 366 Å². The van der Waals surface area contributed by atoms with Gasteiger partial charge in [0.25, 0.3) is 11.8 Å². The summed E-state index contributed by atoms with van der Waals surface area (Å²) in [6.45, 7) is 14.6. The highest BCUT2D eigenvalue weighted by Crippen LogP contribution is 2.42. The average molecular weight is 981 g/mol. The third-order valence-electron chi connectivity index (χ3n) is 8.30. The van der Waals surface area contributed by atoms with E-state index in [2.05, 4.69) is 46.4 Å². The second kappa shape index (κ2) is 26.7. The Bertz CT molecular complexity index is 1610. The van der Waals surface area contributed by atoms with Gasteiger partial charge in [0.05, 0.1) is 26.4 Å². The highest BCUT2D eigenvalue weighted by molar-refractivity contribution is 14.1. The summed E-state index contributed by atoms with van der Waals surface area (Å²) in [6, 6.07) is -1.45. The van der Waals surface area contributed by atoms with Gasteiger partial charge in [0.15, 0.2) is 0 Å². The van der Waals surface area contributed by atoms with Gasteiger partial charge in [-0.25, -0.2) is 9.59 Å². The van der Waals surface area contributed by atoms with Crippen LogP contribution in [0.3, 0.4) is 0 Å². The number of amides is 4. The Balaban J connectivity index is 0.000000317. The summed E-state index contributed by atoms with van der Waals surface area (Å²) in [7, 11) is 0. The lowest BCUT2D eigenvalue weighted by Crippen LogP contribution is -2.71. The van der Waals surface area contributed by atoms with Crippen LogP contribution in [0, 0.1) is 0 Å². The molecule has 4 aliphatic rings. The van der Waals surface area contributed by atoms with Gasteiger partial charge in [-0.3, -0.25) is 33.8 Å². The van der Waals surface area contributed by atoms with E-state index < -0.39 is 47.2 Å². The molecule has 0 saturated carbocycles. The van der Waals surface area contributed by atoms with Crippen molar-refractivity contribution in [3.63, 3.8) is 0 Å². The monoisotopic (exact) mass is 980 g/mol. The van der Waals surface area contributed by atoms with Crippen LogP contribution in [0.1, 0.15) is 33.6 Å². The number of esters is 3. The van der Waals surface area contributed by atoms with Crippen molar-refractivity contribution >= 4 is 87.7 Å². The van der Waals surface area contributed by atoms with Crippen molar-refractivity contribution in [3.05, 3.63) is 47.9 Å². The minimum atomic E-state index is -0.782. The van der Waals surface area contributed by atoms with Crippen molar-refractivity contribution in [1.82, 2.24) is 20.4 Å². The van der Waals surface area contributed by atoms with Gasteiger partial charge in [0.2, 0.25) is 11.8 Å². The molecule has 59 heavy (non-hydrogen) atoms. The molecule has 2 unspecified atom stereocenters. The molecule has 0 aromatic carbocycles. The number of ether oxygens (including phenoxy) is 7. The molecule has 0 aromatic rings. The maximum Gasteiger partial charge on any atom is 0.355 e. The Kier molecular flexibility index (Phi) is 22.5. The van der Waals surface area contributed by atoms with Crippen LogP contribution < -0.4 is 10.6 Å². The Morgan fingerprint density at radius 2 is 1.12 bits per heavy atom. The van der Waals surface area contributed by atoms with Crippen LogP contribution in [0.5, 0.6) is 0 Å². The molecule has 2 fully saturated rings. The van der Waals surface area contributed by atoms with Crippen LogP contribution in [0.15, 0.2) is 47.9 Å². The van der Waals surface area contributed by atoms with Gasteiger partial charge in [-0.1, -0.05) is 61.7 Å². The lowest BCUT2D eigenvalue weighted by molar-refractivity contribution is -0.153. The molecule has 4 heterocycles. The number of rotatable bonds is 25. The first-order chi connectivity index (χ1) is 28.4. The maximum atomic E-state index is 12.7. The topological polar surface area (TPSA) is 215 Å². The van der Waals surface area contributed by atoms with Crippen molar-refractivity contribution in [2.75, 3.05) is 88.6 Å². The Hall–Kier alpha value is -3.48. The first-order valence-corrected chi connectivity index (χ1v) is 22.6. The molecule has 4 atom stereocenters. The molecule has 0 spiro atoms. The van der Waals surface area contributed by atoms with Crippen molar-refractivity contribution in [3.8, 4) is 0 Å². The molecule has 0 bridgehead atoms. The molecule has 2 saturated heterocycles. The van der Waals surface area contributed by atoms with Crippen LogP contribution in [-0.4, -0.2) is 163 Å². The van der Waals surface area contributed by atoms with Crippen LogP contribution in [0.25, 0.3) is 0 Å². The van der Waals surface area contributed by atoms with Gasteiger partial charge in [-0.05, 0) is 18.4 Å². The van der Waals surface area contributed by atoms with E-state index in [4.69, 9.17) is 33.2 Å². The molecule has 18 nitrogen and oxygen atoms in total. The number of carbonyl (C=O) groups is 7. The molecule has 4 rings (SSSR count). The highest BCUT2D eigenvalue weighted by atomic mass is 127. The molecular weight excluding hydrogens is 927 g/mol. The van der Waals surface area contributed by atoms with Crippen LogP contribution in [0.4, 0.5) is 0 Å². The summed E-state index contributed by atoms with van der Waals surface area (Å²) in [5.41, 5.74) is 1.66. The minimum Gasteiger partial charge on any atom is -0.461 e. The number of thioether (sulfide) groups is 2. The van der Waals surface area contributed by atoms with Gasteiger partial charge in [-0.2, -0.15) is 0 Å². The molecule has 328 valence electrons. The quantitative estimate of drug-likeness (QED) is 0.0253. The third kappa shape index (κ3) is 14.6. The summed E-state index contributed by atoms with van der Waals surface area (Å²) in [5.74, 6) is -2.35. The summed E-state index contributed by atoms with van der Waals surface area (Å²) >= 11 is 5.04. The van der Waals surface area contributed by atoms with Gasteiger partial charge in [0.1, 0.15) is 67.3 Å². The number of nitrogens with zero attached hydrogens (tertiary/aromatic N) is 2. The maximum absolute atomic E-state index is 12.7. The van der Waals surface area contributed by atoms with Crippen LogP contribution >= 0.6 is 46.1 Å². The molecule has 21 heteroatoms. The van der Waals surface area contributed by atoms with E-state index in [0.29, 0.717) is 60.2 Å². The Morgan fingerprint density at radius 3 is 1.53 bits per heavy atom. The molecular formula is C38H53IN4O14S2. The van der Waals surface area contributed by atoms with E-state index in [1.165, 1.54) is 52.4 Å². The SMILES string of the molecule is C=CCOC(=O)C1=C(CI)CSC2[C@H](NC(=O)COCCOCCC)C(=O)N12.C=CCOC(=O)C1=C(COC(C)=O)CSC2[C@H](NC(=O)COCCOCCC)C(=O)N12. The average Bonchev–Trinajstić information content (AvgIpc) is 3.23. The summed E-state index contributed by atoms with van der Waals surface area (Å²) < 4.78 is 36.9. The number of β-lactam (4-membered cyclic amide) rings is 2. The standard InChI is InChI=1S/C20H28N2O8S.C18H25IN2O6S/c1-4-6-27-8-9-28-11-15(24)21-16-18(25)22-17(20(26)29-7-5-2)14(10-30-13(3)23)12-31-19(16)22;1-3-5-25-7-8-26-10-13(22)20-14-16(23)21-15(18(24)27-6-4-2)12(9-19)11-28-17(14)21/h5,16,19H,2,4,6-12H2,1,3H3,(H,21,24);4,14,17H,2-3,5-11H2,1H3,(H,20,22)/t16-,19?;14-,17?/m11/s1. The van der Waals surface area contributed by atoms with E-state index in [0.717, 1.165) is 18.4 Å². The lowest BCUT2D eigenvalue weighted by Gasteiger charge is -2.49. The molecule has 2 N–H and O–H groups in total. The van der Waals surface area contributed by atoms with Crippen molar-refractivity contribution in [2.24, 2.45) is 0 Å². The smallest absolute Gasteiger partial charge is 0.355 e. The second-order valence-electron chi connectivity index (χ2n) is 12.8. The van der Waals surface area contributed by atoms with E-state index in [1.54, 1.807) is 0 Å². The fourth-order valence-electron chi connectivity index (χ4n) is 5.64. The van der Waals surface area contributed by atoms with Gasteiger partial charge >= 0.3 is 17.9 Å². The van der Waals surface area contributed by atoms with Crippen LogP contribution in [-0.2, 0) is 66.7 Å². The summed E-state index contributed by atoms with van der Waals surface area (Å²) in [6.07, 6.45) is 4.72. The minimum absolute atomic E-state index is 0.0253. The van der Waals surface area contributed by atoms with Gasteiger partial charge < -0.3 is 43.8 Å². The molecule has 4 amide bonds. The number of halogens is 1. The Morgan fingerprint density at radius 1 is 0.695 bits per heavy atom. The van der Waals surface area contributed by atoms with Crippen molar-refractivity contribution in [2.45, 2.75) is 56.4 Å². The number of alkyl halides is 1. The van der Waals surface area contributed by atoms with E-state index >= 15 is 0 Å². The molecule has 0 aromatic heterocycles. The normalized spacial score (nSPS) is 20.5. The summed E-state index contributed by atoms with van der Waals surface area (Å²) in [5, 5.41) is 4.56. The third-order valence-corrected chi connectivity index (χ3v) is 11.9. The fraction of sp³-hybridized carbons (Fsp3) is 0.605.